The number of benzene rings is 1. The maximum Gasteiger partial charge on any atom is 0.253 e. The van der Waals surface area contributed by atoms with Crippen LogP contribution in [0, 0.1) is 0 Å². The number of rotatable bonds is 6. The highest BCUT2D eigenvalue weighted by Crippen LogP contribution is 2.08. The summed E-state index contributed by atoms with van der Waals surface area (Å²) >= 11 is 0. The highest BCUT2D eigenvalue weighted by molar-refractivity contribution is 5.93. The Morgan fingerprint density at radius 3 is 2.74 bits per heavy atom. The summed E-state index contributed by atoms with van der Waals surface area (Å²) in [7, 11) is 0. The molecular weight excluding hydrogens is 342 g/mol. The van der Waals surface area contributed by atoms with E-state index in [4.69, 9.17) is 0 Å². The summed E-state index contributed by atoms with van der Waals surface area (Å²) in [5, 5.41) is 11.1. The smallest absolute Gasteiger partial charge is 0.253 e. The van der Waals surface area contributed by atoms with E-state index >= 15 is 0 Å². The molecule has 3 heterocycles. The molecule has 0 atom stereocenters. The van der Waals surface area contributed by atoms with Gasteiger partial charge in [0.1, 0.15) is 12.7 Å². The molecule has 0 saturated carbocycles. The van der Waals surface area contributed by atoms with Gasteiger partial charge in [-0.05, 0) is 29.3 Å². The van der Waals surface area contributed by atoms with Crippen LogP contribution in [-0.2, 0) is 13.1 Å². The standard InChI is InChI=1S/C19H17N7O/c27-19(17-5-6-18(21-11-17)26-8-2-7-23-26)22-10-15-3-1-4-16(9-15)12-25-14-20-13-24-25/h1-9,11,13-14H,10,12H2,(H,22,27). The lowest BCUT2D eigenvalue weighted by molar-refractivity contribution is 0.0950. The van der Waals surface area contributed by atoms with E-state index in [1.807, 2.05) is 30.3 Å². The molecular formula is C19H17N7O. The first kappa shape index (κ1) is 16.6. The Morgan fingerprint density at radius 1 is 1.07 bits per heavy atom. The average Bonchev–Trinajstić information content (AvgIpc) is 3.41. The average molecular weight is 359 g/mol. The minimum absolute atomic E-state index is 0.170. The number of carbonyl (C=O) groups excluding carboxylic acids is 1. The molecule has 0 aliphatic rings. The van der Waals surface area contributed by atoms with E-state index < -0.39 is 0 Å². The summed E-state index contributed by atoms with van der Waals surface area (Å²) in [6.45, 7) is 1.07. The second-order valence-electron chi connectivity index (χ2n) is 5.95. The maximum absolute atomic E-state index is 12.4. The number of aromatic nitrogens is 6. The highest BCUT2D eigenvalue weighted by Gasteiger charge is 2.07. The number of amides is 1. The normalized spacial score (nSPS) is 10.7. The van der Waals surface area contributed by atoms with Crippen LogP contribution in [0.3, 0.4) is 0 Å². The molecule has 0 fully saturated rings. The monoisotopic (exact) mass is 359 g/mol. The van der Waals surface area contributed by atoms with Crippen LogP contribution in [-0.4, -0.2) is 35.4 Å². The summed E-state index contributed by atoms with van der Waals surface area (Å²) in [5.41, 5.74) is 2.62. The van der Waals surface area contributed by atoms with Gasteiger partial charge in [-0.1, -0.05) is 24.3 Å². The lowest BCUT2D eigenvalue weighted by Crippen LogP contribution is -2.23. The molecule has 1 N–H and O–H groups in total. The van der Waals surface area contributed by atoms with Crippen LogP contribution in [0.5, 0.6) is 0 Å². The van der Waals surface area contributed by atoms with E-state index in [-0.39, 0.29) is 5.91 Å². The van der Waals surface area contributed by atoms with E-state index in [0.717, 1.165) is 11.1 Å². The van der Waals surface area contributed by atoms with Crippen molar-refractivity contribution in [2.24, 2.45) is 0 Å². The Hall–Kier alpha value is -3.81. The van der Waals surface area contributed by atoms with Crippen molar-refractivity contribution in [1.82, 2.24) is 34.8 Å². The first-order valence-electron chi connectivity index (χ1n) is 8.42. The zero-order valence-electron chi connectivity index (χ0n) is 14.4. The molecule has 0 bridgehead atoms. The van der Waals surface area contributed by atoms with Crippen LogP contribution < -0.4 is 5.32 Å². The number of pyridine rings is 1. The number of hydrogen-bond acceptors (Lipinski definition) is 5. The third-order valence-electron chi connectivity index (χ3n) is 4.00. The summed E-state index contributed by atoms with van der Waals surface area (Å²) in [4.78, 5) is 20.6. The van der Waals surface area contributed by atoms with E-state index in [1.54, 1.807) is 46.4 Å². The lowest BCUT2D eigenvalue weighted by atomic mass is 10.1. The van der Waals surface area contributed by atoms with Crippen molar-refractivity contribution in [3.8, 4) is 5.82 Å². The van der Waals surface area contributed by atoms with Crippen LogP contribution in [0.2, 0.25) is 0 Å². The quantitative estimate of drug-likeness (QED) is 0.567. The molecule has 0 spiro atoms. The molecule has 0 aliphatic heterocycles. The van der Waals surface area contributed by atoms with Crippen molar-refractivity contribution in [3.63, 3.8) is 0 Å². The molecule has 4 aromatic rings. The van der Waals surface area contributed by atoms with Gasteiger partial charge in [0.25, 0.3) is 5.91 Å². The van der Waals surface area contributed by atoms with Crippen LogP contribution in [0.1, 0.15) is 21.5 Å². The predicted molar refractivity (Wildman–Crippen MR) is 98.1 cm³/mol. The van der Waals surface area contributed by atoms with Gasteiger partial charge in [0.15, 0.2) is 5.82 Å². The Bertz CT molecular complexity index is 1010. The zero-order valence-corrected chi connectivity index (χ0v) is 14.4. The van der Waals surface area contributed by atoms with Gasteiger partial charge in [-0.25, -0.2) is 19.3 Å². The van der Waals surface area contributed by atoms with Gasteiger partial charge < -0.3 is 5.32 Å². The van der Waals surface area contributed by atoms with Crippen LogP contribution in [0.25, 0.3) is 5.82 Å². The summed E-state index contributed by atoms with van der Waals surface area (Å²) in [6.07, 6.45) is 8.21. The molecule has 8 nitrogen and oxygen atoms in total. The largest absolute Gasteiger partial charge is 0.348 e. The molecule has 4 rings (SSSR count). The fraction of sp³-hybridized carbons (Fsp3) is 0.105. The zero-order chi connectivity index (χ0) is 18.5. The van der Waals surface area contributed by atoms with Crippen LogP contribution >= 0.6 is 0 Å². The molecule has 0 aliphatic carbocycles. The summed E-state index contributed by atoms with van der Waals surface area (Å²) in [5.74, 6) is 0.494. The van der Waals surface area contributed by atoms with Crippen molar-refractivity contribution in [1.29, 1.82) is 0 Å². The topological polar surface area (TPSA) is 90.5 Å². The van der Waals surface area contributed by atoms with Crippen molar-refractivity contribution in [3.05, 3.63) is 90.4 Å². The molecule has 134 valence electrons. The molecule has 0 unspecified atom stereocenters. The van der Waals surface area contributed by atoms with Gasteiger partial charge in [-0.2, -0.15) is 10.2 Å². The van der Waals surface area contributed by atoms with Crippen molar-refractivity contribution < 1.29 is 4.79 Å². The van der Waals surface area contributed by atoms with Crippen LogP contribution in [0.4, 0.5) is 0 Å². The van der Waals surface area contributed by atoms with E-state index in [9.17, 15) is 4.79 Å². The second-order valence-corrected chi connectivity index (χ2v) is 5.95. The van der Waals surface area contributed by atoms with Crippen molar-refractivity contribution in [2.45, 2.75) is 13.1 Å². The number of nitrogens with one attached hydrogen (secondary N) is 1. The molecule has 1 amide bonds. The molecule has 0 saturated heterocycles. The Balaban J connectivity index is 1.37. The third-order valence-corrected chi connectivity index (χ3v) is 4.00. The lowest BCUT2D eigenvalue weighted by Gasteiger charge is -2.08. The third kappa shape index (κ3) is 4.06. The number of hydrogen-bond donors (Lipinski definition) is 1. The first-order chi connectivity index (χ1) is 13.3. The first-order valence-corrected chi connectivity index (χ1v) is 8.42. The minimum Gasteiger partial charge on any atom is -0.348 e. The minimum atomic E-state index is -0.170. The fourth-order valence-corrected chi connectivity index (χ4v) is 2.68. The van der Waals surface area contributed by atoms with Gasteiger partial charge in [0.05, 0.1) is 12.1 Å². The molecule has 3 aromatic heterocycles. The van der Waals surface area contributed by atoms with Gasteiger partial charge in [-0.15, -0.1) is 0 Å². The molecule has 8 heteroatoms. The van der Waals surface area contributed by atoms with Gasteiger partial charge >= 0.3 is 0 Å². The fourth-order valence-electron chi connectivity index (χ4n) is 2.68. The van der Waals surface area contributed by atoms with Crippen molar-refractivity contribution in [2.75, 3.05) is 0 Å². The Morgan fingerprint density at radius 2 is 2.00 bits per heavy atom. The highest BCUT2D eigenvalue weighted by atomic mass is 16.1. The van der Waals surface area contributed by atoms with E-state index in [0.29, 0.717) is 24.5 Å². The van der Waals surface area contributed by atoms with Gasteiger partial charge in [-0.3, -0.25) is 4.79 Å². The second kappa shape index (κ2) is 7.61. The SMILES string of the molecule is O=C(NCc1cccc(Cn2cncn2)c1)c1ccc(-n2cccn2)nc1. The Kier molecular flexibility index (Phi) is 4.69. The Labute approximate surface area is 155 Å². The number of nitrogens with zero attached hydrogens (tertiary/aromatic N) is 6. The van der Waals surface area contributed by atoms with Crippen molar-refractivity contribution >= 4 is 5.91 Å². The van der Waals surface area contributed by atoms with Gasteiger partial charge in [0.2, 0.25) is 0 Å². The molecule has 1 aromatic carbocycles. The summed E-state index contributed by atoms with van der Waals surface area (Å²) < 4.78 is 3.40. The summed E-state index contributed by atoms with van der Waals surface area (Å²) in [6, 6.07) is 13.3. The van der Waals surface area contributed by atoms with Gasteiger partial charge in [0, 0.05) is 25.1 Å². The van der Waals surface area contributed by atoms with E-state index in [1.165, 1.54) is 6.33 Å². The molecule has 27 heavy (non-hydrogen) atoms. The van der Waals surface area contributed by atoms with Crippen LogP contribution in [0.15, 0.2) is 73.7 Å². The predicted octanol–water partition coefficient (Wildman–Crippen LogP) is 1.84. The van der Waals surface area contributed by atoms with E-state index in [2.05, 4.69) is 25.5 Å². The number of carbonyl (C=O) groups is 1. The maximum atomic E-state index is 12.4. The molecule has 0 radical (unpaired) electrons.